The number of carboxylic acid groups (broad SMARTS) is 1. The highest BCUT2D eigenvalue weighted by atomic mass is 32.1. The topological polar surface area (TPSA) is 69.6 Å². The molecular formula is C11H16N2O3S. The third-order valence-corrected chi connectivity index (χ3v) is 3.31. The van der Waals surface area contributed by atoms with Crippen LogP contribution in [0.1, 0.15) is 21.7 Å². The van der Waals surface area contributed by atoms with Gasteiger partial charge in [0.25, 0.3) is 0 Å². The van der Waals surface area contributed by atoms with Gasteiger partial charge in [0, 0.05) is 13.0 Å². The van der Waals surface area contributed by atoms with Gasteiger partial charge in [0.2, 0.25) is 5.91 Å². The van der Waals surface area contributed by atoms with E-state index in [1.54, 1.807) is 12.3 Å². The van der Waals surface area contributed by atoms with E-state index in [0.29, 0.717) is 18.7 Å². The summed E-state index contributed by atoms with van der Waals surface area (Å²) in [7, 11) is 3.76. The molecule has 1 heterocycles. The van der Waals surface area contributed by atoms with Crippen molar-refractivity contribution in [1.29, 1.82) is 0 Å². The van der Waals surface area contributed by atoms with E-state index < -0.39 is 5.97 Å². The summed E-state index contributed by atoms with van der Waals surface area (Å²) in [5.74, 6) is -1.17. The van der Waals surface area contributed by atoms with Crippen LogP contribution >= 0.6 is 11.3 Å². The fraction of sp³-hybridized carbons (Fsp3) is 0.455. The molecule has 0 unspecified atom stereocenters. The molecule has 94 valence electrons. The molecule has 0 aliphatic rings. The van der Waals surface area contributed by atoms with Gasteiger partial charge in [-0.15, -0.1) is 11.3 Å². The van der Waals surface area contributed by atoms with E-state index in [2.05, 4.69) is 5.32 Å². The minimum atomic E-state index is -1.01. The number of anilines is 1. The summed E-state index contributed by atoms with van der Waals surface area (Å²) in [5.41, 5.74) is 1.21. The molecule has 0 fully saturated rings. The Bertz CT molecular complexity index is 426. The molecule has 0 radical (unpaired) electrons. The maximum absolute atomic E-state index is 11.6. The number of carbonyl (C=O) groups excluding carboxylic acids is 1. The number of rotatable bonds is 5. The predicted molar refractivity (Wildman–Crippen MR) is 67.8 cm³/mol. The van der Waals surface area contributed by atoms with E-state index in [-0.39, 0.29) is 10.8 Å². The third kappa shape index (κ3) is 3.83. The summed E-state index contributed by atoms with van der Waals surface area (Å²) in [6.07, 6.45) is 0.349. The van der Waals surface area contributed by atoms with Crippen molar-refractivity contribution >= 4 is 28.9 Å². The Morgan fingerprint density at radius 2 is 2.12 bits per heavy atom. The molecule has 1 aromatic rings. The summed E-state index contributed by atoms with van der Waals surface area (Å²) in [5, 5.41) is 13.3. The quantitative estimate of drug-likeness (QED) is 0.840. The highest BCUT2D eigenvalue weighted by molar-refractivity contribution is 7.12. The van der Waals surface area contributed by atoms with Crippen LogP contribution in [0.5, 0.6) is 0 Å². The van der Waals surface area contributed by atoms with Crippen molar-refractivity contribution < 1.29 is 14.7 Å². The van der Waals surface area contributed by atoms with E-state index in [1.165, 1.54) is 0 Å². The first-order valence-electron chi connectivity index (χ1n) is 5.17. The highest BCUT2D eigenvalue weighted by Crippen LogP contribution is 2.27. The van der Waals surface area contributed by atoms with Crippen molar-refractivity contribution in [2.45, 2.75) is 13.3 Å². The van der Waals surface area contributed by atoms with Gasteiger partial charge in [-0.1, -0.05) is 0 Å². The number of thiophene rings is 1. The standard InChI is InChI=1S/C11H16N2O3S/c1-7-6-17-10(11(15)16)9(7)12-8(14)4-5-13(2)3/h6H,4-5H2,1-3H3,(H,12,14)(H,15,16). The minimum absolute atomic E-state index is 0.164. The zero-order chi connectivity index (χ0) is 13.0. The number of aryl methyl sites for hydroxylation is 1. The van der Waals surface area contributed by atoms with Crippen LogP contribution in [0, 0.1) is 6.92 Å². The summed E-state index contributed by atoms with van der Waals surface area (Å²) >= 11 is 1.13. The lowest BCUT2D eigenvalue weighted by atomic mass is 10.2. The first-order valence-corrected chi connectivity index (χ1v) is 6.05. The van der Waals surface area contributed by atoms with Crippen molar-refractivity contribution in [3.8, 4) is 0 Å². The molecule has 0 spiro atoms. The number of amides is 1. The van der Waals surface area contributed by atoms with Crippen molar-refractivity contribution in [2.24, 2.45) is 0 Å². The second-order valence-corrected chi connectivity index (χ2v) is 4.91. The number of carbonyl (C=O) groups is 2. The van der Waals surface area contributed by atoms with Crippen LogP contribution in [-0.4, -0.2) is 42.5 Å². The molecule has 2 N–H and O–H groups in total. The number of carboxylic acids is 1. The molecule has 5 nitrogen and oxygen atoms in total. The van der Waals surface area contributed by atoms with E-state index in [1.807, 2.05) is 19.0 Å². The van der Waals surface area contributed by atoms with Gasteiger partial charge in [-0.2, -0.15) is 0 Å². The van der Waals surface area contributed by atoms with Crippen molar-refractivity contribution in [3.63, 3.8) is 0 Å². The Balaban J connectivity index is 2.71. The van der Waals surface area contributed by atoms with Gasteiger partial charge in [-0.05, 0) is 32.0 Å². The maximum Gasteiger partial charge on any atom is 0.348 e. The average Bonchev–Trinajstić information content (AvgIpc) is 2.58. The third-order valence-electron chi connectivity index (χ3n) is 2.22. The molecule has 0 aliphatic carbocycles. The van der Waals surface area contributed by atoms with Crippen molar-refractivity contribution in [1.82, 2.24) is 4.90 Å². The number of nitrogens with zero attached hydrogens (tertiary/aromatic N) is 1. The number of aromatic carboxylic acids is 1. The normalized spacial score (nSPS) is 10.6. The van der Waals surface area contributed by atoms with E-state index >= 15 is 0 Å². The second kappa shape index (κ2) is 5.79. The lowest BCUT2D eigenvalue weighted by Crippen LogP contribution is -2.21. The Morgan fingerprint density at radius 1 is 1.47 bits per heavy atom. The van der Waals surface area contributed by atoms with E-state index in [9.17, 15) is 9.59 Å². The molecule has 0 aliphatic heterocycles. The zero-order valence-electron chi connectivity index (χ0n) is 10.1. The van der Waals surface area contributed by atoms with Crippen LogP contribution in [0.2, 0.25) is 0 Å². The van der Waals surface area contributed by atoms with Crippen LogP contribution in [0.25, 0.3) is 0 Å². The molecule has 0 atom stereocenters. The number of hydrogen-bond donors (Lipinski definition) is 2. The molecule has 0 aromatic carbocycles. The summed E-state index contributed by atoms with van der Waals surface area (Å²) in [6, 6.07) is 0. The number of hydrogen-bond acceptors (Lipinski definition) is 4. The first kappa shape index (κ1) is 13.7. The summed E-state index contributed by atoms with van der Waals surface area (Å²) in [6.45, 7) is 2.42. The molecule has 0 saturated heterocycles. The van der Waals surface area contributed by atoms with Crippen molar-refractivity contribution in [2.75, 3.05) is 26.0 Å². The Morgan fingerprint density at radius 3 is 2.65 bits per heavy atom. The average molecular weight is 256 g/mol. The Hall–Kier alpha value is -1.40. The van der Waals surface area contributed by atoms with Gasteiger partial charge in [0.1, 0.15) is 4.88 Å². The maximum atomic E-state index is 11.6. The lowest BCUT2D eigenvalue weighted by Gasteiger charge is -2.10. The van der Waals surface area contributed by atoms with E-state index in [4.69, 9.17) is 5.11 Å². The van der Waals surface area contributed by atoms with Gasteiger partial charge in [0.05, 0.1) is 5.69 Å². The predicted octanol–water partition coefficient (Wildman–Crippen LogP) is 1.64. The van der Waals surface area contributed by atoms with Gasteiger partial charge in [0.15, 0.2) is 0 Å². The SMILES string of the molecule is Cc1csc(C(=O)O)c1NC(=O)CCN(C)C. The molecule has 6 heteroatoms. The van der Waals surface area contributed by atoms with Gasteiger partial charge in [-0.25, -0.2) is 4.79 Å². The highest BCUT2D eigenvalue weighted by Gasteiger charge is 2.16. The molecular weight excluding hydrogens is 240 g/mol. The van der Waals surface area contributed by atoms with Crippen LogP contribution in [0.15, 0.2) is 5.38 Å². The monoisotopic (exact) mass is 256 g/mol. The molecule has 0 saturated carbocycles. The zero-order valence-corrected chi connectivity index (χ0v) is 10.9. The summed E-state index contributed by atoms with van der Waals surface area (Å²) in [4.78, 5) is 24.6. The molecule has 1 amide bonds. The van der Waals surface area contributed by atoms with Crippen molar-refractivity contribution in [3.05, 3.63) is 15.8 Å². The fourth-order valence-electron chi connectivity index (χ4n) is 1.28. The molecule has 0 bridgehead atoms. The Labute approximate surface area is 104 Å². The van der Waals surface area contributed by atoms with Crippen LogP contribution in [0.4, 0.5) is 5.69 Å². The van der Waals surface area contributed by atoms with Crippen LogP contribution in [0.3, 0.4) is 0 Å². The second-order valence-electron chi connectivity index (χ2n) is 4.03. The summed E-state index contributed by atoms with van der Waals surface area (Å²) < 4.78 is 0. The van der Waals surface area contributed by atoms with Gasteiger partial charge >= 0.3 is 5.97 Å². The van der Waals surface area contributed by atoms with Gasteiger partial charge < -0.3 is 15.3 Å². The minimum Gasteiger partial charge on any atom is -0.477 e. The smallest absolute Gasteiger partial charge is 0.348 e. The fourth-order valence-corrected chi connectivity index (χ4v) is 2.13. The largest absolute Gasteiger partial charge is 0.477 e. The molecule has 1 rings (SSSR count). The molecule has 1 aromatic heterocycles. The lowest BCUT2D eigenvalue weighted by molar-refractivity contribution is -0.116. The first-order chi connectivity index (χ1) is 7.91. The van der Waals surface area contributed by atoms with Gasteiger partial charge in [-0.3, -0.25) is 4.79 Å². The van der Waals surface area contributed by atoms with Crippen LogP contribution in [-0.2, 0) is 4.79 Å². The van der Waals surface area contributed by atoms with E-state index in [0.717, 1.165) is 16.9 Å². The van der Waals surface area contributed by atoms with Crippen LogP contribution < -0.4 is 5.32 Å². The number of nitrogens with one attached hydrogen (secondary N) is 1. The Kier molecular flexibility index (Phi) is 4.65. The molecule has 17 heavy (non-hydrogen) atoms.